The lowest BCUT2D eigenvalue weighted by atomic mass is 9.98. The van der Waals surface area contributed by atoms with Gasteiger partial charge in [0.1, 0.15) is 5.75 Å². The zero-order valence-corrected chi connectivity index (χ0v) is 18.4. The second kappa shape index (κ2) is 12.0. The molecule has 0 saturated heterocycles. The summed E-state index contributed by atoms with van der Waals surface area (Å²) in [4.78, 5) is 12.0. The summed E-state index contributed by atoms with van der Waals surface area (Å²) < 4.78 is 36.6. The van der Waals surface area contributed by atoms with E-state index in [4.69, 9.17) is 9.47 Å². The molecule has 7 nitrogen and oxygen atoms in total. The maximum absolute atomic E-state index is 12.2. The Morgan fingerprint density at radius 2 is 1.97 bits per heavy atom. The van der Waals surface area contributed by atoms with Crippen LogP contribution in [-0.4, -0.2) is 53.5 Å². The van der Waals surface area contributed by atoms with E-state index in [1.54, 1.807) is 24.3 Å². The number of methoxy groups -OCH3 is 1. The molecule has 0 spiro atoms. The maximum Gasteiger partial charge on any atom is 0.232 e. The first kappa shape index (κ1) is 23.5. The molecule has 29 heavy (non-hydrogen) atoms. The molecule has 1 aromatic carbocycles. The van der Waals surface area contributed by atoms with Gasteiger partial charge in [-0.25, -0.2) is 8.42 Å². The van der Waals surface area contributed by atoms with Gasteiger partial charge in [-0.1, -0.05) is 25.3 Å². The van der Waals surface area contributed by atoms with E-state index in [1.807, 2.05) is 0 Å². The largest absolute Gasteiger partial charge is 0.497 e. The normalized spacial score (nSPS) is 15.1. The summed E-state index contributed by atoms with van der Waals surface area (Å²) in [5.41, 5.74) is 0.534. The molecule has 1 saturated carbocycles. The molecule has 1 aliphatic carbocycles. The average molecular weight is 427 g/mol. The van der Waals surface area contributed by atoms with Crippen LogP contribution in [0.4, 0.5) is 5.69 Å². The van der Waals surface area contributed by atoms with Gasteiger partial charge in [0, 0.05) is 32.2 Å². The van der Waals surface area contributed by atoms with E-state index in [-0.39, 0.29) is 18.9 Å². The Balaban J connectivity index is 1.68. The molecule has 1 aromatic rings. The Hall–Kier alpha value is -1.80. The lowest BCUT2D eigenvalue weighted by Gasteiger charge is -2.23. The third kappa shape index (κ3) is 8.62. The molecular formula is C21H34N2O5S. The fourth-order valence-corrected chi connectivity index (χ4v) is 4.46. The number of anilines is 1. The van der Waals surface area contributed by atoms with Gasteiger partial charge in [0.2, 0.25) is 15.9 Å². The van der Waals surface area contributed by atoms with E-state index in [9.17, 15) is 13.2 Å². The summed E-state index contributed by atoms with van der Waals surface area (Å²) in [6.07, 6.45) is 9.17. The number of carbonyl (C=O) groups excluding carboxylic acids is 1. The van der Waals surface area contributed by atoms with Crippen molar-refractivity contribution in [1.29, 1.82) is 0 Å². The second-order valence-corrected chi connectivity index (χ2v) is 9.38. The summed E-state index contributed by atoms with van der Waals surface area (Å²) in [5.74, 6) is 0.520. The minimum absolute atomic E-state index is 0.0678. The van der Waals surface area contributed by atoms with Crippen LogP contribution >= 0.6 is 0 Å². The van der Waals surface area contributed by atoms with Gasteiger partial charge in [0.05, 0.1) is 25.2 Å². The van der Waals surface area contributed by atoms with Crippen LogP contribution in [0.5, 0.6) is 5.75 Å². The van der Waals surface area contributed by atoms with E-state index in [0.29, 0.717) is 37.1 Å². The van der Waals surface area contributed by atoms with E-state index in [1.165, 1.54) is 36.9 Å². The molecule has 0 radical (unpaired) electrons. The summed E-state index contributed by atoms with van der Waals surface area (Å²) in [7, 11) is -1.91. The summed E-state index contributed by atoms with van der Waals surface area (Å²) in [6, 6.07) is 6.90. The Labute approximate surface area is 174 Å². The molecule has 1 fully saturated rings. The number of carbonyl (C=O) groups is 1. The number of nitrogens with one attached hydrogen (secondary N) is 1. The molecule has 0 unspecified atom stereocenters. The van der Waals surface area contributed by atoms with Gasteiger partial charge in [-0.05, 0) is 37.8 Å². The van der Waals surface area contributed by atoms with Gasteiger partial charge in [-0.2, -0.15) is 0 Å². The standard InChI is InChI=1S/C21H34N2O5S/c1-27-20-12-6-9-18(17-20)23(29(2,25)26)15-7-13-21(24)22-14-8-16-28-19-10-4-3-5-11-19/h6,9,12,17,19H,3-5,7-8,10-11,13-16H2,1-2H3,(H,22,24). The molecule has 0 heterocycles. The van der Waals surface area contributed by atoms with Crippen molar-refractivity contribution in [1.82, 2.24) is 5.32 Å². The molecule has 2 rings (SSSR count). The fraction of sp³-hybridized carbons (Fsp3) is 0.667. The summed E-state index contributed by atoms with van der Waals surface area (Å²) in [6.45, 7) is 1.49. The number of hydrogen-bond acceptors (Lipinski definition) is 5. The summed E-state index contributed by atoms with van der Waals surface area (Å²) in [5, 5.41) is 2.88. The number of rotatable bonds is 12. The van der Waals surface area contributed by atoms with Crippen LogP contribution in [0.2, 0.25) is 0 Å². The highest BCUT2D eigenvalue weighted by Gasteiger charge is 2.18. The molecule has 0 aromatic heterocycles. The molecule has 164 valence electrons. The minimum Gasteiger partial charge on any atom is -0.497 e. The Morgan fingerprint density at radius 1 is 1.21 bits per heavy atom. The minimum atomic E-state index is -3.45. The Kier molecular flexibility index (Phi) is 9.73. The monoisotopic (exact) mass is 426 g/mol. The molecule has 0 bridgehead atoms. The van der Waals surface area contributed by atoms with Gasteiger partial charge in [0.25, 0.3) is 0 Å². The van der Waals surface area contributed by atoms with Crippen LogP contribution in [-0.2, 0) is 19.6 Å². The van der Waals surface area contributed by atoms with Crippen LogP contribution in [0.3, 0.4) is 0 Å². The first-order valence-electron chi connectivity index (χ1n) is 10.4. The molecule has 1 aliphatic rings. The first-order valence-corrected chi connectivity index (χ1v) is 12.2. The lowest BCUT2D eigenvalue weighted by Crippen LogP contribution is -2.32. The predicted octanol–water partition coefficient (Wildman–Crippen LogP) is 3.10. The van der Waals surface area contributed by atoms with Crippen LogP contribution in [0, 0.1) is 0 Å². The predicted molar refractivity (Wildman–Crippen MR) is 115 cm³/mol. The average Bonchev–Trinajstić information content (AvgIpc) is 2.71. The Bertz CT molecular complexity index is 732. The van der Waals surface area contributed by atoms with Crippen molar-refractivity contribution in [2.75, 3.05) is 37.4 Å². The third-order valence-electron chi connectivity index (χ3n) is 5.06. The van der Waals surface area contributed by atoms with Crippen molar-refractivity contribution in [2.24, 2.45) is 0 Å². The SMILES string of the molecule is COc1cccc(N(CCCC(=O)NCCCOC2CCCCC2)S(C)(=O)=O)c1. The second-order valence-electron chi connectivity index (χ2n) is 7.47. The highest BCUT2D eigenvalue weighted by Crippen LogP contribution is 2.23. The Morgan fingerprint density at radius 3 is 2.66 bits per heavy atom. The van der Waals surface area contributed by atoms with Crippen molar-refractivity contribution >= 4 is 21.6 Å². The van der Waals surface area contributed by atoms with Crippen LogP contribution < -0.4 is 14.4 Å². The zero-order valence-electron chi connectivity index (χ0n) is 17.6. The quantitative estimate of drug-likeness (QED) is 0.519. The van der Waals surface area contributed by atoms with Gasteiger partial charge in [0.15, 0.2) is 0 Å². The van der Waals surface area contributed by atoms with Crippen LogP contribution in [0.15, 0.2) is 24.3 Å². The lowest BCUT2D eigenvalue weighted by molar-refractivity contribution is -0.121. The number of sulfonamides is 1. The molecule has 8 heteroatoms. The molecular weight excluding hydrogens is 392 g/mol. The van der Waals surface area contributed by atoms with Crippen molar-refractivity contribution < 1.29 is 22.7 Å². The molecule has 1 amide bonds. The van der Waals surface area contributed by atoms with E-state index in [2.05, 4.69) is 5.32 Å². The summed E-state index contributed by atoms with van der Waals surface area (Å²) >= 11 is 0. The van der Waals surface area contributed by atoms with Gasteiger partial charge < -0.3 is 14.8 Å². The molecule has 1 N–H and O–H groups in total. The molecule has 0 atom stereocenters. The van der Waals surface area contributed by atoms with Crippen molar-refractivity contribution in [3.05, 3.63) is 24.3 Å². The number of ether oxygens (including phenoxy) is 2. The number of benzene rings is 1. The zero-order chi connectivity index (χ0) is 21.1. The highest BCUT2D eigenvalue weighted by atomic mass is 32.2. The maximum atomic E-state index is 12.2. The highest BCUT2D eigenvalue weighted by molar-refractivity contribution is 7.92. The number of hydrogen-bond donors (Lipinski definition) is 1. The molecule has 0 aliphatic heterocycles. The van der Waals surface area contributed by atoms with E-state index in [0.717, 1.165) is 19.3 Å². The van der Waals surface area contributed by atoms with Gasteiger partial charge in [-0.3, -0.25) is 9.10 Å². The van der Waals surface area contributed by atoms with Gasteiger partial charge in [-0.15, -0.1) is 0 Å². The van der Waals surface area contributed by atoms with Crippen molar-refractivity contribution in [3.8, 4) is 5.75 Å². The van der Waals surface area contributed by atoms with E-state index < -0.39 is 10.0 Å². The van der Waals surface area contributed by atoms with E-state index >= 15 is 0 Å². The third-order valence-corrected chi connectivity index (χ3v) is 6.25. The first-order chi connectivity index (χ1) is 13.9. The number of nitrogens with zero attached hydrogens (tertiary/aromatic N) is 1. The van der Waals surface area contributed by atoms with Gasteiger partial charge >= 0.3 is 0 Å². The van der Waals surface area contributed by atoms with Crippen molar-refractivity contribution in [3.63, 3.8) is 0 Å². The smallest absolute Gasteiger partial charge is 0.232 e. The van der Waals surface area contributed by atoms with Crippen LogP contribution in [0.1, 0.15) is 51.4 Å². The topological polar surface area (TPSA) is 84.9 Å². The van der Waals surface area contributed by atoms with Crippen molar-refractivity contribution in [2.45, 2.75) is 57.5 Å². The number of amides is 1. The fourth-order valence-electron chi connectivity index (χ4n) is 3.51. The van der Waals surface area contributed by atoms with Crippen LogP contribution in [0.25, 0.3) is 0 Å².